The SMILES string of the molecule is C=CCC1Cc2cc(O)ccc2[C@H]2CC[C@]3(C)[C@@H](O)CC[C@H]3[C@H]12. The highest BCUT2D eigenvalue weighted by Crippen LogP contribution is 2.62. The highest BCUT2D eigenvalue weighted by Gasteiger charge is 2.56. The van der Waals surface area contributed by atoms with Gasteiger partial charge in [-0.15, -0.1) is 6.58 Å². The molecule has 1 aromatic rings. The Balaban J connectivity index is 1.77. The number of aliphatic hydroxyl groups is 1. The van der Waals surface area contributed by atoms with Crippen LogP contribution in [0, 0.1) is 23.2 Å². The average Bonchev–Trinajstić information content (AvgIpc) is 2.83. The number of allylic oxidation sites excluding steroid dienone is 1. The lowest BCUT2D eigenvalue weighted by Gasteiger charge is -2.53. The molecule has 0 heterocycles. The van der Waals surface area contributed by atoms with Crippen molar-refractivity contribution in [3.8, 4) is 5.75 Å². The second-order valence-corrected chi connectivity index (χ2v) is 8.30. The van der Waals surface area contributed by atoms with Gasteiger partial charge in [0, 0.05) is 0 Å². The van der Waals surface area contributed by atoms with E-state index in [0.717, 1.165) is 25.7 Å². The summed E-state index contributed by atoms with van der Waals surface area (Å²) in [6.45, 7) is 6.31. The van der Waals surface area contributed by atoms with Gasteiger partial charge in [-0.25, -0.2) is 0 Å². The Labute approximate surface area is 139 Å². The van der Waals surface area contributed by atoms with E-state index in [-0.39, 0.29) is 11.5 Å². The molecule has 0 aromatic heterocycles. The molecule has 0 spiro atoms. The summed E-state index contributed by atoms with van der Waals surface area (Å²) in [5.74, 6) is 2.86. The summed E-state index contributed by atoms with van der Waals surface area (Å²) in [7, 11) is 0. The Morgan fingerprint density at radius 1 is 1.30 bits per heavy atom. The van der Waals surface area contributed by atoms with E-state index in [4.69, 9.17) is 0 Å². The maximum atomic E-state index is 10.6. The molecule has 0 radical (unpaired) electrons. The molecule has 0 aliphatic heterocycles. The van der Waals surface area contributed by atoms with Crippen LogP contribution in [0.3, 0.4) is 0 Å². The van der Waals surface area contributed by atoms with Gasteiger partial charge in [-0.05, 0) is 90.9 Å². The van der Waals surface area contributed by atoms with E-state index in [2.05, 4.69) is 25.6 Å². The van der Waals surface area contributed by atoms with Crippen molar-refractivity contribution in [2.45, 2.75) is 57.5 Å². The van der Waals surface area contributed by atoms with Gasteiger partial charge in [-0.1, -0.05) is 19.1 Å². The van der Waals surface area contributed by atoms with Gasteiger partial charge in [0.05, 0.1) is 6.10 Å². The molecule has 23 heavy (non-hydrogen) atoms. The molecule has 0 saturated heterocycles. The Morgan fingerprint density at radius 2 is 2.13 bits per heavy atom. The summed E-state index contributed by atoms with van der Waals surface area (Å²) in [4.78, 5) is 0. The number of hydrogen-bond acceptors (Lipinski definition) is 2. The van der Waals surface area contributed by atoms with Crippen molar-refractivity contribution in [2.24, 2.45) is 23.2 Å². The Hall–Kier alpha value is -1.28. The fraction of sp³-hybridized carbons (Fsp3) is 0.619. The molecule has 124 valence electrons. The lowest BCUT2D eigenvalue weighted by Crippen LogP contribution is -2.47. The first-order valence-electron chi connectivity index (χ1n) is 9.15. The van der Waals surface area contributed by atoms with Crippen LogP contribution in [0.25, 0.3) is 0 Å². The maximum Gasteiger partial charge on any atom is 0.115 e. The van der Waals surface area contributed by atoms with Gasteiger partial charge in [0.1, 0.15) is 5.75 Å². The molecular formula is C21H28O2. The molecule has 2 saturated carbocycles. The molecule has 2 heteroatoms. The molecule has 1 aromatic carbocycles. The summed E-state index contributed by atoms with van der Waals surface area (Å²) < 4.78 is 0. The first-order valence-corrected chi connectivity index (χ1v) is 9.15. The molecular weight excluding hydrogens is 284 g/mol. The lowest BCUT2D eigenvalue weighted by molar-refractivity contribution is -0.0377. The van der Waals surface area contributed by atoms with Crippen molar-refractivity contribution >= 4 is 0 Å². The van der Waals surface area contributed by atoms with Gasteiger partial charge < -0.3 is 10.2 Å². The number of benzene rings is 1. The topological polar surface area (TPSA) is 40.5 Å². The van der Waals surface area contributed by atoms with Gasteiger partial charge in [-0.2, -0.15) is 0 Å². The molecule has 2 fully saturated rings. The zero-order valence-electron chi connectivity index (χ0n) is 14.0. The second kappa shape index (κ2) is 5.37. The van der Waals surface area contributed by atoms with Crippen molar-refractivity contribution in [1.82, 2.24) is 0 Å². The number of phenolic OH excluding ortho intramolecular Hbond substituents is 1. The molecule has 2 nitrogen and oxygen atoms in total. The third-order valence-corrected chi connectivity index (χ3v) is 7.30. The highest BCUT2D eigenvalue weighted by molar-refractivity contribution is 5.40. The summed E-state index contributed by atoms with van der Waals surface area (Å²) in [6.07, 6.45) is 8.44. The summed E-state index contributed by atoms with van der Waals surface area (Å²) in [5, 5.41) is 20.4. The van der Waals surface area contributed by atoms with Crippen molar-refractivity contribution < 1.29 is 10.2 Å². The van der Waals surface area contributed by atoms with E-state index in [0.29, 0.717) is 29.4 Å². The first kappa shape index (κ1) is 15.3. The minimum Gasteiger partial charge on any atom is -0.508 e. The van der Waals surface area contributed by atoms with Crippen molar-refractivity contribution in [2.75, 3.05) is 0 Å². The van der Waals surface area contributed by atoms with Crippen molar-refractivity contribution in [1.29, 1.82) is 0 Å². The fourth-order valence-electron chi connectivity index (χ4n) is 6.19. The van der Waals surface area contributed by atoms with E-state index in [1.807, 2.05) is 12.1 Å². The van der Waals surface area contributed by atoms with Gasteiger partial charge in [0.15, 0.2) is 0 Å². The van der Waals surface area contributed by atoms with Gasteiger partial charge in [0.2, 0.25) is 0 Å². The quantitative estimate of drug-likeness (QED) is 0.794. The average molecular weight is 312 g/mol. The van der Waals surface area contributed by atoms with E-state index in [1.54, 1.807) is 0 Å². The predicted molar refractivity (Wildman–Crippen MR) is 92.4 cm³/mol. The number of rotatable bonds is 2. The lowest BCUT2D eigenvalue weighted by atomic mass is 9.52. The maximum absolute atomic E-state index is 10.6. The van der Waals surface area contributed by atoms with E-state index in [9.17, 15) is 10.2 Å². The minimum absolute atomic E-state index is 0.106. The number of fused-ring (bicyclic) bond motifs is 5. The van der Waals surface area contributed by atoms with Crippen LogP contribution < -0.4 is 0 Å². The second-order valence-electron chi connectivity index (χ2n) is 8.30. The van der Waals surface area contributed by atoms with Crippen LogP contribution >= 0.6 is 0 Å². The van der Waals surface area contributed by atoms with Crippen LogP contribution in [0.2, 0.25) is 0 Å². The molecule has 4 rings (SSSR count). The van der Waals surface area contributed by atoms with E-state index in [1.165, 1.54) is 24.0 Å². The molecule has 6 atom stereocenters. The minimum atomic E-state index is -0.126. The Kier molecular flexibility index (Phi) is 3.57. The zero-order chi connectivity index (χ0) is 16.2. The van der Waals surface area contributed by atoms with Crippen LogP contribution in [0.15, 0.2) is 30.9 Å². The fourth-order valence-corrected chi connectivity index (χ4v) is 6.19. The number of aliphatic hydroxyl groups excluding tert-OH is 1. The molecule has 2 N–H and O–H groups in total. The third kappa shape index (κ3) is 2.18. The summed E-state index contributed by atoms with van der Waals surface area (Å²) in [6, 6.07) is 5.97. The van der Waals surface area contributed by atoms with Gasteiger partial charge >= 0.3 is 0 Å². The van der Waals surface area contributed by atoms with Crippen LogP contribution in [0.1, 0.15) is 56.1 Å². The van der Waals surface area contributed by atoms with Gasteiger partial charge in [0.25, 0.3) is 0 Å². The van der Waals surface area contributed by atoms with Crippen molar-refractivity contribution in [3.63, 3.8) is 0 Å². The normalized spacial score (nSPS) is 41.7. The van der Waals surface area contributed by atoms with Crippen LogP contribution in [0.4, 0.5) is 0 Å². The predicted octanol–water partition coefficient (Wildman–Crippen LogP) is 4.41. The van der Waals surface area contributed by atoms with Crippen molar-refractivity contribution in [3.05, 3.63) is 42.0 Å². The number of phenols is 1. The first-order chi connectivity index (χ1) is 11.0. The number of aromatic hydroxyl groups is 1. The van der Waals surface area contributed by atoms with Crippen LogP contribution in [-0.2, 0) is 6.42 Å². The standard InChI is InChI=1S/C21H28O2/c1-3-4-13-11-14-12-15(22)5-6-16(14)17-9-10-21(2)18(20(13)17)7-8-19(21)23/h3,5-6,12-13,17-20,22-23H,1,4,7-11H2,2H3/t13?,17-,18+,19+,20-,21+/m1/s1. The number of hydrogen-bond donors (Lipinski definition) is 2. The Morgan fingerprint density at radius 3 is 2.91 bits per heavy atom. The monoisotopic (exact) mass is 312 g/mol. The van der Waals surface area contributed by atoms with Crippen LogP contribution in [-0.4, -0.2) is 16.3 Å². The van der Waals surface area contributed by atoms with Gasteiger partial charge in [-0.3, -0.25) is 0 Å². The molecule has 0 bridgehead atoms. The van der Waals surface area contributed by atoms with E-state index < -0.39 is 0 Å². The molecule has 3 aliphatic rings. The van der Waals surface area contributed by atoms with E-state index >= 15 is 0 Å². The van der Waals surface area contributed by atoms with Crippen LogP contribution in [0.5, 0.6) is 5.75 Å². The Bertz CT molecular complexity index is 622. The molecule has 0 amide bonds. The summed E-state index contributed by atoms with van der Waals surface area (Å²) in [5.41, 5.74) is 2.89. The highest BCUT2D eigenvalue weighted by atomic mass is 16.3. The third-order valence-electron chi connectivity index (χ3n) is 7.30. The zero-order valence-corrected chi connectivity index (χ0v) is 14.0. The molecule has 1 unspecified atom stereocenters. The smallest absolute Gasteiger partial charge is 0.115 e. The molecule has 3 aliphatic carbocycles. The largest absolute Gasteiger partial charge is 0.508 e. The summed E-state index contributed by atoms with van der Waals surface area (Å²) >= 11 is 0.